The van der Waals surface area contributed by atoms with Crippen molar-refractivity contribution in [2.45, 2.75) is 12.8 Å². The highest BCUT2D eigenvalue weighted by Gasteiger charge is 2.25. The molecular formula is C25H30N6O2. The normalized spacial score (nSPS) is 20.8. The zero-order chi connectivity index (χ0) is 22.3. The van der Waals surface area contributed by atoms with Gasteiger partial charge in [-0.2, -0.15) is 5.10 Å². The molecule has 0 atom stereocenters. The zero-order valence-electron chi connectivity index (χ0n) is 18.8. The molecule has 1 aliphatic carbocycles. The lowest BCUT2D eigenvalue weighted by atomic mass is 10.1. The first-order valence-corrected chi connectivity index (χ1v) is 11.6. The first kappa shape index (κ1) is 21.6. The molecule has 33 heavy (non-hydrogen) atoms. The number of nitrogens with zero attached hydrogens (tertiary/aromatic N) is 5. The molecule has 0 unspecified atom stereocenters. The van der Waals surface area contributed by atoms with E-state index in [4.69, 9.17) is 9.47 Å². The van der Waals surface area contributed by atoms with E-state index >= 15 is 0 Å². The van der Waals surface area contributed by atoms with Crippen molar-refractivity contribution in [3.63, 3.8) is 0 Å². The maximum absolute atomic E-state index is 5.59. The van der Waals surface area contributed by atoms with Gasteiger partial charge in [-0.05, 0) is 47.8 Å². The van der Waals surface area contributed by atoms with Crippen LogP contribution in [-0.4, -0.2) is 73.9 Å². The van der Waals surface area contributed by atoms with Gasteiger partial charge in [-0.25, -0.2) is 0 Å². The van der Waals surface area contributed by atoms with Crippen LogP contribution in [0.1, 0.15) is 18.4 Å². The first-order valence-electron chi connectivity index (χ1n) is 11.6. The number of hydrazone groups is 1. The van der Waals surface area contributed by atoms with Crippen molar-refractivity contribution in [1.29, 1.82) is 0 Å². The highest BCUT2D eigenvalue weighted by atomic mass is 16.5. The molecule has 172 valence electrons. The lowest BCUT2D eigenvalue weighted by Gasteiger charge is -2.31. The molecule has 3 aliphatic rings. The van der Waals surface area contributed by atoms with Crippen molar-refractivity contribution >= 4 is 23.9 Å². The first-order chi connectivity index (χ1) is 16.4. The molecule has 2 aliphatic heterocycles. The molecule has 2 aromatic rings. The number of hydrogen-bond acceptors (Lipinski definition) is 8. The van der Waals surface area contributed by atoms with Gasteiger partial charge in [0.25, 0.3) is 0 Å². The number of ether oxygens (including phenoxy) is 2. The van der Waals surface area contributed by atoms with E-state index in [1.54, 1.807) is 0 Å². The molecule has 0 bridgehead atoms. The van der Waals surface area contributed by atoms with Crippen LogP contribution in [-0.2, 0) is 9.47 Å². The quantitative estimate of drug-likeness (QED) is 0.540. The van der Waals surface area contributed by atoms with Crippen LogP contribution in [0.4, 0.5) is 11.6 Å². The van der Waals surface area contributed by atoms with Crippen molar-refractivity contribution in [3.05, 3.63) is 64.9 Å². The second-order valence-electron chi connectivity index (χ2n) is 8.30. The SMILES string of the molecule is C(=N\Nc1ccc(N2CCOCC2)nn1)/C1=C(N2CCOCC2)C(=C/c2ccccc2)/CC1. The maximum Gasteiger partial charge on any atom is 0.168 e. The van der Waals surface area contributed by atoms with E-state index < -0.39 is 0 Å². The highest BCUT2D eigenvalue weighted by molar-refractivity contribution is 5.84. The maximum atomic E-state index is 5.59. The number of nitrogens with one attached hydrogen (secondary N) is 1. The summed E-state index contributed by atoms with van der Waals surface area (Å²) in [5.41, 5.74) is 8.17. The highest BCUT2D eigenvalue weighted by Crippen LogP contribution is 2.35. The summed E-state index contributed by atoms with van der Waals surface area (Å²) >= 11 is 0. The second-order valence-corrected chi connectivity index (χ2v) is 8.30. The summed E-state index contributed by atoms with van der Waals surface area (Å²) in [5.74, 6) is 1.51. The van der Waals surface area contributed by atoms with Crippen molar-refractivity contribution in [3.8, 4) is 0 Å². The molecule has 5 rings (SSSR count). The van der Waals surface area contributed by atoms with Crippen LogP contribution >= 0.6 is 0 Å². The number of aromatic nitrogens is 2. The van der Waals surface area contributed by atoms with Crippen LogP contribution in [0.25, 0.3) is 6.08 Å². The molecule has 3 heterocycles. The Morgan fingerprint density at radius 3 is 2.24 bits per heavy atom. The third kappa shape index (κ3) is 5.40. The van der Waals surface area contributed by atoms with E-state index in [2.05, 4.69) is 66.9 Å². The predicted octanol–water partition coefficient (Wildman–Crippen LogP) is 3.17. The van der Waals surface area contributed by atoms with Crippen LogP contribution in [0.2, 0.25) is 0 Å². The predicted molar refractivity (Wildman–Crippen MR) is 130 cm³/mol. The number of allylic oxidation sites excluding steroid dienone is 2. The number of hydrogen-bond donors (Lipinski definition) is 1. The zero-order valence-corrected chi connectivity index (χ0v) is 18.8. The molecule has 1 aromatic carbocycles. The van der Waals surface area contributed by atoms with Gasteiger partial charge >= 0.3 is 0 Å². The average molecular weight is 447 g/mol. The summed E-state index contributed by atoms with van der Waals surface area (Å²) in [4.78, 5) is 4.62. The molecule has 0 saturated carbocycles. The summed E-state index contributed by atoms with van der Waals surface area (Å²) in [7, 11) is 0. The minimum Gasteiger partial charge on any atom is -0.378 e. The van der Waals surface area contributed by atoms with Gasteiger partial charge in [0.1, 0.15) is 0 Å². The van der Waals surface area contributed by atoms with E-state index in [0.29, 0.717) is 5.82 Å². The number of rotatable bonds is 6. The van der Waals surface area contributed by atoms with Gasteiger partial charge in [-0.3, -0.25) is 5.43 Å². The molecule has 0 spiro atoms. The summed E-state index contributed by atoms with van der Waals surface area (Å²) in [6.45, 7) is 6.47. The van der Waals surface area contributed by atoms with Crippen molar-refractivity contribution in [2.24, 2.45) is 5.10 Å². The van der Waals surface area contributed by atoms with Crippen LogP contribution < -0.4 is 10.3 Å². The van der Waals surface area contributed by atoms with Crippen molar-refractivity contribution < 1.29 is 9.47 Å². The second kappa shape index (κ2) is 10.6. The Balaban J connectivity index is 1.31. The fourth-order valence-corrected chi connectivity index (χ4v) is 4.44. The van der Waals surface area contributed by atoms with Gasteiger partial charge in [0.15, 0.2) is 11.6 Å². The molecular weight excluding hydrogens is 416 g/mol. The Labute approximate surface area is 194 Å². The van der Waals surface area contributed by atoms with Crippen LogP contribution in [0.5, 0.6) is 0 Å². The number of morpholine rings is 2. The third-order valence-corrected chi connectivity index (χ3v) is 6.12. The third-order valence-electron chi connectivity index (χ3n) is 6.12. The largest absolute Gasteiger partial charge is 0.378 e. The standard InChI is InChI=1S/C25H30N6O2/c1-2-4-20(5-3-1)18-21-6-7-22(25(21)31-12-16-33-17-13-31)19-26-27-23-8-9-24(29-28-23)30-10-14-32-15-11-30/h1-5,8-9,18-19H,6-7,10-17H2,(H,27,28)/b21-18+,26-19+. The lowest BCUT2D eigenvalue weighted by molar-refractivity contribution is 0.0548. The summed E-state index contributed by atoms with van der Waals surface area (Å²) in [6.07, 6.45) is 6.22. The smallest absolute Gasteiger partial charge is 0.168 e. The van der Waals surface area contributed by atoms with E-state index in [9.17, 15) is 0 Å². The lowest BCUT2D eigenvalue weighted by Crippen LogP contribution is -2.36. The summed E-state index contributed by atoms with van der Waals surface area (Å²) in [6, 6.07) is 14.4. The van der Waals surface area contributed by atoms with Gasteiger partial charge in [-0.1, -0.05) is 30.3 Å². The monoisotopic (exact) mass is 446 g/mol. The van der Waals surface area contributed by atoms with Gasteiger partial charge in [0.05, 0.1) is 32.6 Å². The van der Waals surface area contributed by atoms with Crippen LogP contribution in [0.3, 0.4) is 0 Å². The molecule has 8 heteroatoms. The van der Waals surface area contributed by atoms with Crippen LogP contribution in [0, 0.1) is 0 Å². The van der Waals surface area contributed by atoms with E-state index in [-0.39, 0.29) is 0 Å². The fraction of sp³-hybridized carbons (Fsp3) is 0.400. The van der Waals surface area contributed by atoms with Crippen LogP contribution in [0.15, 0.2) is 64.4 Å². The molecule has 8 nitrogen and oxygen atoms in total. The Kier molecular flexibility index (Phi) is 6.93. The van der Waals surface area contributed by atoms with E-state index in [1.165, 1.54) is 22.4 Å². The van der Waals surface area contributed by atoms with Gasteiger partial charge in [0.2, 0.25) is 0 Å². The fourth-order valence-electron chi connectivity index (χ4n) is 4.44. The summed E-state index contributed by atoms with van der Waals surface area (Å²) < 4.78 is 11.0. The summed E-state index contributed by atoms with van der Waals surface area (Å²) in [5, 5.41) is 13.1. The minimum absolute atomic E-state index is 0.634. The molecule has 2 saturated heterocycles. The number of anilines is 2. The Morgan fingerprint density at radius 1 is 0.818 bits per heavy atom. The Hall–Kier alpha value is -3.23. The molecule has 2 fully saturated rings. The van der Waals surface area contributed by atoms with Crippen molar-refractivity contribution in [2.75, 3.05) is 62.9 Å². The van der Waals surface area contributed by atoms with Gasteiger partial charge < -0.3 is 19.3 Å². The minimum atomic E-state index is 0.634. The van der Waals surface area contributed by atoms with Gasteiger partial charge in [0, 0.05) is 31.9 Å². The van der Waals surface area contributed by atoms with Crippen molar-refractivity contribution in [1.82, 2.24) is 15.1 Å². The topological polar surface area (TPSA) is 75.1 Å². The Morgan fingerprint density at radius 2 is 1.55 bits per heavy atom. The van der Waals surface area contributed by atoms with E-state index in [0.717, 1.165) is 71.3 Å². The molecule has 1 aromatic heterocycles. The Bertz CT molecular complexity index is 1010. The van der Waals surface area contributed by atoms with Gasteiger partial charge in [-0.15, -0.1) is 10.2 Å². The van der Waals surface area contributed by atoms with E-state index in [1.807, 2.05) is 18.3 Å². The molecule has 0 radical (unpaired) electrons. The number of benzene rings is 1. The molecule has 0 amide bonds. The average Bonchev–Trinajstić information content (AvgIpc) is 3.28. The molecule has 1 N–H and O–H groups in total.